The third-order valence-corrected chi connectivity index (χ3v) is 6.14. The van der Waals surface area contributed by atoms with E-state index in [1.54, 1.807) is 0 Å². The van der Waals surface area contributed by atoms with Gasteiger partial charge in [-0.15, -0.1) is 6.58 Å². The minimum absolute atomic E-state index is 0.356. The fourth-order valence-corrected chi connectivity index (χ4v) is 6.74. The van der Waals surface area contributed by atoms with E-state index in [2.05, 4.69) is 20.4 Å². The molecule has 0 spiro atoms. The number of carbonyl (C=O) groups excluding carboxylic acids is 1. The van der Waals surface area contributed by atoms with Crippen LogP contribution in [0.5, 0.6) is 0 Å². The van der Waals surface area contributed by atoms with E-state index < -0.39 is 0 Å². The molecule has 4 rings (SSSR count). The maximum atomic E-state index is 12.4. The summed E-state index contributed by atoms with van der Waals surface area (Å²) >= 11 is 0. The van der Waals surface area contributed by atoms with E-state index in [4.69, 9.17) is 0 Å². The van der Waals surface area contributed by atoms with E-state index >= 15 is 0 Å². The Morgan fingerprint density at radius 3 is 2.15 bits per heavy atom. The number of ketones is 1. The first-order valence-corrected chi connectivity index (χ1v) is 8.38. The van der Waals surface area contributed by atoms with Crippen LogP contribution < -0.4 is 0 Å². The van der Waals surface area contributed by atoms with Gasteiger partial charge in [-0.05, 0) is 74.0 Å². The second kappa shape index (κ2) is 4.45. The smallest absolute Gasteiger partial charge is 0.133 e. The van der Waals surface area contributed by atoms with Crippen molar-refractivity contribution in [1.82, 2.24) is 0 Å². The first kappa shape index (κ1) is 14.4. The molecule has 0 aromatic carbocycles. The van der Waals surface area contributed by atoms with Gasteiger partial charge in [0.25, 0.3) is 0 Å². The zero-order chi connectivity index (χ0) is 14.6. The Labute approximate surface area is 124 Å². The molecular formula is C19H30O. The SMILES string of the molecule is C=C(C)CCC(=O)CC12CC3CC(C)(CC(C)(C3)C1)C2. The molecule has 4 bridgehead atoms. The molecule has 2 unspecified atom stereocenters. The fraction of sp³-hybridized carbons (Fsp3) is 0.842. The summed E-state index contributed by atoms with van der Waals surface area (Å²) in [5, 5.41) is 0. The highest BCUT2D eigenvalue weighted by atomic mass is 16.1. The normalized spacial score (nSPS) is 45.6. The molecule has 4 aliphatic rings. The van der Waals surface area contributed by atoms with Crippen molar-refractivity contribution in [2.24, 2.45) is 22.2 Å². The number of allylic oxidation sites excluding steroid dienone is 1. The molecule has 1 nitrogen and oxygen atoms in total. The van der Waals surface area contributed by atoms with Crippen LogP contribution in [0.4, 0.5) is 0 Å². The third-order valence-electron chi connectivity index (χ3n) is 6.14. The lowest BCUT2D eigenvalue weighted by Gasteiger charge is -2.65. The maximum Gasteiger partial charge on any atom is 0.133 e. The highest BCUT2D eigenvalue weighted by Crippen LogP contribution is 2.70. The Morgan fingerprint density at radius 1 is 1.05 bits per heavy atom. The van der Waals surface area contributed by atoms with Gasteiger partial charge in [0.05, 0.1) is 0 Å². The summed E-state index contributed by atoms with van der Waals surface area (Å²) in [5.74, 6) is 1.39. The molecule has 0 heterocycles. The molecule has 4 fully saturated rings. The standard InChI is InChI=1S/C19H30O/c1-14(2)5-6-16(20)10-19-9-15-7-17(3,12-19)11-18(4,8-15)13-19/h15H,1,5-13H2,2-4H3. The lowest BCUT2D eigenvalue weighted by molar-refractivity contribution is -0.155. The quantitative estimate of drug-likeness (QED) is 0.622. The first-order valence-electron chi connectivity index (χ1n) is 8.38. The second-order valence-corrected chi connectivity index (χ2v) is 9.30. The van der Waals surface area contributed by atoms with Gasteiger partial charge in [0, 0.05) is 12.8 Å². The summed E-state index contributed by atoms with van der Waals surface area (Å²) in [5.41, 5.74) is 2.56. The van der Waals surface area contributed by atoms with Gasteiger partial charge in [-0.25, -0.2) is 0 Å². The van der Waals surface area contributed by atoms with Crippen LogP contribution >= 0.6 is 0 Å². The summed E-state index contributed by atoms with van der Waals surface area (Å²) in [6.07, 6.45) is 10.6. The second-order valence-electron chi connectivity index (χ2n) is 9.30. The van der Waals surface area contributed by atoms with E-state index in [1.165, 1.54) is 38.5 Å². The molecule has 0 radical (unpaired) electrons. The van der Waals surface area contributed by atoms with Crippen LogP contribution in [0.25, 0.3) is 0 Å². The molecule has 2 atom stereocenters. The minimum Gasteiger partial charge on any atom is -0.300 e. The van der Waals surface area contributed by atoms with Crippen LogP contribution in [-0.4, -0.2) is 5.78 Å². The summed E-state index contributed by atoms with van der Waals surface area (Å²) in [7, 11) is 0. The molecule has 4 saturated carbocycles. The lowest BCUT2D eigenvalue weighted by Crippen LogP contribution is -2.55. The Balaban J connectivity index is 1.72. The van der Waals surface area contributed by atoms with Crippen LogP contribution in [0.15, 0.2) is 12.2 Å². The topological polar surface area (TPSA) is 17.1 Å². The summed E-state index contributed by atoms with van der Waals surface area (Å²) in [6.45, 7) is 10.9. The van der Waals surface area contributed by atoms with E-state index in [0.717, 1.165) is 30.8 Å². The average molecular weight is 274 g/mol. The zero-order valence-corrected chi connectivity index (χ0v) is 13.6. The minimum atomic E-state index is 0.356. The van der Waals surface area contributed by atoms with Crippen molar-refractivity contribution in [1.29, 1.82) is 0 Å². The highest BCUT2D eigenvalue weighted by Gasteiger charge is 2.60. The monoisotopic (exact) mass is 274 g/mol. The summed E-state index contributed by atoms with van der Waals surface area (Å²) < 4.78 is 0. The molecule has 1 heteroatoms. The average Bonchev–Trinajstić information content (AvgIpc) is 2.20. The van der Waals surface area contributed by atoms with Crippen molar-refractivity contribution in [3.8, 4) is 0 Å². The molecular weight excluding hydrogens is 244 g/mol. The predicted molar refractivity (Wildman–Crippen MR) is 83.5 cm³/mol. The van der Waals surface area contributed by atoms with Crippen LogP contribution in [0.1, 0.15) is 78.6 Å². The van der Waals surface area contributed by atoms with Gasteiger partial charge in [0.2, 0.25) is 0 Å². The number of hydrogen-bond donors (Lipinski definition) is 0. The van der Waals surface area contributed by atoms with Crippen molar-refractivity contribution in [3.05, 3.63) is 12.2 Å². The Kier molecular flexibility index (Phi) is 3.19. The van der Waals surface area contributed by atoms with Crippen LogP contribution in [0.2, 0.25) is 0 Å². The van der Waals surface area contributed by atoms with Gasteiger partial charge >= 0.3 is 0 Å². The summed E-state index contributed by atoms with van der Waals surface area (Å²) in [4.78, 5) is 12.4. The highest BCUT2D eigenvalue weighted by molar-refractivity contribution is 5.79. The lowest BCUT2D eigenvalue weighted by atomic mass is 9.39. The van der Waals surface area contributed by atoms with E-state index in [9.17, 15) is 4.79 Å². The van der Waals surface area contributed by atoms with Crippen molar-refractivity contribution in [3.63, 3.8) is 0 Å². The largest absolute Gasteiger partial charge is 0.300 e. The molecule has 0 saturated heterocycles. The van der Waals surface area contributed by atoms with Gasteiger partial charge < -0.3 is 0 Å². The molecule has 112 valence electrons. The number of hydrogen-bond acceptors (Lipinski definition) is 1. The molecule has 4 aliphatic carbocycles. The molecule has 0 aliphatic heterocycles. The van der Waals surface area contributed by atoms with Gasteiger partial charge in [0.15, 0.2) is 0 Å². The molecule has 0 N–H and O–H groups in total. The van der Waals surface area contributed by atoms with Crippen molar-refractivity contribution >= 4 is 5.78 Å². The van der Waals surface area contributed by atoms with Crippen LogP contribution in [0.3, 0.4) is 0 Å². The number of carbonyl (C=O) groups is 1. The van der Waals surface area contributed by atoms with E-state index in [1.807, 2.05) is 6.92 Å². The fourth-order valence-electron chi connectivity index (χ4n) is 6.74. The molecule has 0 aromatic heterocycles. The third kappa shape index (κ3) is 2.61. The number of Topliss-reactive ketones (excluding diaryl/α,β-unsaturated/α-hetero) is 1. The predicted octanol–water partition coefficient (Wildman–Crippen LogP) is 5.30. The van der Waals surface area contributed by atoms with Crippen molar-refractivity contribution < 1.29 is 4.79 Å². The Bertz CT molecular complexity index is 429. The van der Waals surface area contributed by atoms with Gasteiger partial charge in [-0.3, -0.25) is 4.79 Å². The van der Waals surface area contributed by atoms with Crippen LogP contribution in [-0.2, 0) is 4.79 Å². The van der Waals surface area contributed by atoms with Crippen molar-refractivity contribution in [2.75, 3.05) is 0 Å². The van der Waals surface area contributed by atoms with E-state index in [0.29, 0.717) is 22.0 Å². The van der Waals surface area contributed by atoms with Gasteiger partial charge in [-0.1, -0.05) is 19.4 Å². The zero-order valence-electron chi connectivity index (χ0n) is 13.6. The molecule has 0 aromatic rings. The molecule has 20 heavy (non-hydrogen) atoms. The molecule has 0 amide bonds. The van der Waals surface area contributed by atoms with E-state index in [-0.39, 0.29) is 0 Å². The van der Waals surface area contributed by atoms with Gasteiger partial charge in [-0.2, -0.15) is 0 Å². The van der Waals surface area contributed by atoms with Gasteiger partial charge in [0.1, 0.15) is 5.78 Å². The van der Waals surface area contributed by atoms with Crippen LogP contribution in [0, 0.1) is 22.2 Å². The maximum absolute atomic E-state index is 12.4. The van der Waals surface area contributed by atoms with Crippen molar-refractivity contribution in [2.45, 2.75) is 78.6 Å². The summed E-state index contributed by atoms with van der Waals surface area (Å²) in [6, 6.07) is 0. The number of rotatable bonds is 5. The Morgan fingerprint density at radius 2 is 1.65 bits per heavy atom. The Hall–Kier alpha value is -0.590. The first-order chi connectivity index (χ1) is 9.22.